The molecule has 210 valence electrons. The zero-order valence-electron chi connectivity index (χ0n) is 22.7. The van der Waals surface area contributed by atoms with Crippen molar-refractivity contribution in [1.82, 2.24) is 19.9 Å². The van der Waals surface area contributed by atoms with E-state index in [2.05, 4.69) is 36.2 Å². The van der Waals surface area contributed by atoms with Crippen LogP contribution in [-0.4, -0.2) is 52.7 Å². The van der Waals surface area contributed by atoms with E-state index < -0.39 is 10.3 Å². The third kappa shape index (κ3) is 5.72. The fraction of sp³-hybridized carbons (Fsp3) is 0.267. The Balaban J connectivity index is 1.25. The summed E-state index contributed by atoms with van der Waals surface area (Å²) in [4.78, 5) is 18.5. The molecule has 4 heterocycles. The van der Waals surface area contributed by atoms with E-state index in [1.807, 2.05) is 62.6 Å². The normalized spacial score (nSPS) is 14.8. The lowest BCUT2D eigenvalue weighted by Gasteiger charge is -2.29. The van der Waals surface area contributed by atoms with Gasteiger partial charge in [-0.1, -0.05) is 18.2 Å². The molecule has 10 nitrogen and oxygen atoms in total. The van der Waals surface area contributed by atoms with Crippen LogP contribution in [0.1, 0.15) is 36.9 Å². The second-order valence-corrected chi connectivity index (χ2v) is 11.2. The number of H-pyrrole nitrogens is 1. The van der Waals surface area contributed by atoms with Gasteiger partial charge in [-0.15, -0.1) is 0 Å². The Bertz CT molecular complexity index is 1880. The van der Waals surface area contributed by atoms with E-state index in [0.717, 1.165) is 64.7 Å². The van der Waals surface area contributed by atoms with E-state index in [1.54, 1.807) is 12.3 Å². The van der Waals surface area contributed by atoms with Crippen molar-refractivity contribution in [2.75, 3.05) is 23.3 Å². The van der Waals surface area contributed by atoms with Gasteiger partial charge >= 0.3 is 0 Å². The number of benzene rings is 2. The average Bonchev–Trinajstić information content (AvgIpc) is 3.37. The molecule has 0 saturated carbocycles. The van der Waals surface area contributed by atoms with Crippen molar-refractivity contribution in [3.8, 4) is 22.4 Å². The van der Waals surface area contributed by atoms with Crippen LogP contribution in [0.15, 0.2) is 71.6 Å². The van der Waals surface area contributed by atoms with E-state index >= 15 is 0 Å². The highest BCUT2D eigenvalue weighted by Gasteiger charge is 2.19. The number of fused-ring (bicyclic) bond motifs is 1. The monoisotopic (exact) mass is 570 g/mol. The molecule has 5 aromatic rings. The smallest absolute Gasteiger partial charge is 0.258 e. The van der Waals surface area contributed by atoms with Crippen LogP contribution in [-0.2, 0) is 10.3 Å². The van der Waals surface area contributed by atoms with Crippen molar-refractivity contribution in [1.29, 1.82) is 0 Å². The summed E-state index contributed by atoms with van der Waals surface area (Å²) in [5, 5.41) is 14.1. The molecular formula is C30H30N6O4S. The molecule has 2 aromatic carbocycles. The molecule has 1 saturated heterocycles. The van der Waals surface area contributed by atoms with Crippen molar-refractivity contribution < 1.29 is 17.9 Å². The van der Waals surface area contributed by atoms with E-state index in [9.17, 15) is 13.5 Å². The fourth-order valence-electron chi connectivity index (χ4n) is 5.08. The number of aliphatic hydroxyl groups excluding tert-OH is 1. The average molecular weight is 571 g/mol. The summed E-state index contributed by atoms with van der Waals surface area (Å²) in [5.74, 6) is 1.10. The number of hydrogen-bond donors (Lipinski definition) is 3. The van der Waals surface area contributed by atoms with Crippen molar-refractivity contribution in [2.24, 2.45) is 0 Å². The minimum absolute atomic E-state index is 0.157. The summed E-state index contributed by atoms with van der Waals surface area (Å²) in [5.41, 5.74) is 6.06. The molecule has 0 spiro atoms. The number of nitrogens with one attached hydrogen (secondary N) is 2. The largest absolute Gasteiger partial charge is 0.464 e. The van der Waals surface area contributed by atoms with Gasteiger partial charge in [0.2, 0.25) is 5.95 Å². The Morgan fingerprint density at radius 3 is 2.59 bits per heavy atom. The third-order valence-corrected chi connectivity index (χ3v) is 7.96. The molecule has 0 unspecified atom stereocenters. The Morgan fingerprint density at radius 2 is 1.83 bits per heavy atom. The molecule has 0 aliphatic carbocycles. The third-order valence-electron chi connectivity index (χ3n) is 7.45. The number of rotatable bonds is 6. The molecular weight excluding hydrogens is 540 g/mol. The van der Waals surface area contributed by atoms with Crippen LogP contribution < -0.4 is 10.2 Å². The summed E-state index contributed by atoms with van der Waals surface area (Å²) >= 11 is 0. The van der Waals surface area contributed by atoms with Gasteiger partial charge < -0.3 is 24.7 Å². The van der Waals surface area contributed by atoms with Crippen molar-refractivity contribution in [3.05, 3.63) is 83.1 Å². The van der Waals surface area contributed by atoms with E-state index in [0.29, 0.717) is 17.5 Å². The fourth-order valence-corrected chi connectivity index (χ4v) is 5.45. The second kappa shape index (κ2) is 11.2. The quantitative estimate of drug-likeness (QED) is 0.237. The van der Waals surface area contributed by atoms with Crippen LogP contribution in [0, 0.1) is 11.7 Å². The predicted octanol–water partition coefficient (Wildman–Crippen LogP) is 5.13. The van der Waals surface area contributed by atoms with Gasteiger partial charge in [0.05, 0.1) is 18.1 Å². The Labute approximate surface area is 238 Å². The summed E-state index contributed by atoms with van der Waals surface area (Å²) in [6, 6.07) is 15.4. The highest BCUT2D eigenvalue weighted by atomic mass is 32.2. The lowest BCUT2D eigenvalue weighted by Crippen LogP contribution is -2.36. The number of anilines is 2. The van der Waals surface area contributed by atoms with Crippen molar-refractivity contribution in [3.63, 3.8) is 0 Å². The maximum absolute atomic E-state index is 11.9. The van der Waals surface area contributed by atoms with Crippen LogP contribution in [0.3, 0.4) is 0 Å². The van der Waals surface area contributed by atoms with Gasteiger partial charge in [0.1, 0.15) is 11.4 Å². The van der Waals surface area contributed by atoms with Gasteiger partial charge in [-0.3, -0.25) is 0 Å². The molecule has 1 atom stereocenters. The van der Waals surface area contributed by atoms with Crippen LogP contribution in [0.5, 0.6) is 0 Å². The molecule has 3 aromatic heterocycles. The number of nitrogens with zero attached hydrogens (tertiary/aromatic N) is 4. The molecule has 3 N–H and O–H groups in total. The van der Waals surface area contributed by atoms with Gasteiger partial charge in [-0.2, -0.15) is 13.4 Å². The van der Waals surface area contributed by atoms with E-state index in [4.69, 9.17) is 4.42 Å². The molecule has 0 radical (unpaired) electrons. The number of aliphatic hydroxyl groups is 1. The minimum Gasteiger partial charge on any atom is -0.464 e. The lowest BCUT2D eigenvalue weighted by atomic mass is 10.0. The van der Waals surface area contributed by atoms with Crippen molar-refractivity contribution in [2.45, 2.75) is 38.8 Å². The first-order valence-electron chi connectivity index (χ1n) is 13.5. The Morgan fingerprint density at radius 1 is 1.05 bits per heavy atom. The number of aromatic amines is 1. The lowest BCUT2D eigenvalue weighted by molar-refractivity contribution is 0.145. The van der Waals surface area contributed by atoms with Gasteiger partial charge in [0.25, 0.3) is 15.1 Å². The molecule has 6 rings (SSSR count). The zero-order chi connectivity index (χ0) is 28.5. The van der Waals surface area contributed by atoms with Gasteiger partial charge in [-0.05, 0) is 73.2 Å². The molecule has 1 aliphatic rings. The maximum Gasteiger partial charge on any atom is 0.258 e. The van der Waals surface area contributed by atoms with Gasteiger partial charge in [0.15, 0.2) is 0 Å². The van der Waals surface area contributed by atoms with Crippen LogP contribution in [0.4, 0.5) is 11.8 Å². The molecule has 1 aliphatic heterocycles. The van der Waals surface area contributed by atoms with E-state index in [1.165, 1.54) is 0 Å². The highest BCUT2D eigenvalue weighted by Crippen LogP contribution is 2.29. The second-order valence-electron chi connectivity index (χ2n) is 10.3. The molecule has 1 fully saturated rings. The SMILES string of the molecule is Cc1coc2ccc(-c3cc(N[C@@H](C)c4cccc(-c5cnc(N6CCC(O)CC6)nc5)c4)nc(=S(=O)=O)[nH]3)cc12. The Hall–Kier alpha value is -4.48. The first kappa shape index (κ1) is 26.7. The summed E-state index contributed by atoms with van der Waals surface area (Å²) in [6.45, 7) is 5.45. The molecule has 0 bridgehead atoms. The number of piperidine rings is 1. The Kier molecular flexibility index (Phi) is 7.29. The molecule has 11 heteroatoms. The van der Waals surface area contributed by atoms with Gasteiger partial charge in [0, 0.05) is 48.5 Å². The van der Waals surface area contributed by atoms with Gasteiger partial charge in [-0.25, -0.2) is 9.97 Å². The van der Waals surface area contributed by atoms with Crippen LogP contribution >= 0.6 is 0 Å². The zero-order valence-corrected chi connectivity index (χ0v) is 23.5. The molecule has 0 amide bonds. The molecule has 41 heavy (non-hydrogen) atoms. The topological polar surface area (TPSA) is 137 Å². The first-order chi connectivity index (χ1) is 19.8. The predicted molar refractivity (Wildman–Crippen MR) is 158 cm³/mol. The number of aryl methyl sites for hydroxylation is 1. The standard InChI is InChI=1S/C30H30N6O4S/c1-18-17-40-27-7-6-22(13-25(18)27)26-14-28(35-30(34-26)41(38)39)33-19(2)20-4-3-5-21(12-20)23-15-31-29(32-16-23)36-10-8-24(37)9-11-36/h3-7,12-17,19,24,34,37H,8-11H2,1-2H3,(H,33,35)/t19-/m0/s1. The number of hydrogen-bond acceptors (Lipinski definition) is 9. The summed E-state index contributed by atoms with van der Waals surface area (Å²) < 4.78 is 29.2. The van der Waals surface area contributed by atoms with Crippen molar-refractivity contribution >= 4 is 33.0 Å². The van der Waals surface area contributed by atoms with E-state index in [-0.39, 0.29) is 16.9 Å². The minimum atomic E-state index is -2.55. The van der Waals surface area contributed by atoms with Crippen LogP contribution in [0.2, 0.25) is 0 Å². The number of aromatic nitrogens is 4. The van der Waals surface area contributed by atoms with Crippen LogP contribution in [0.25, 0.3) is 33.4 Å². The highest BCUT2D eigenvalue weighted by molar-refractivity contribution is 7.63. The summed E-state index contributed by atoms with van der Waals surface area (Å²) in [6.07, 6.45) is 6.54. The number of furan rings is 1. The first-order valence-corrected chi connectivity index (χ1v) is 14.6. The maximum atomic E-state index is 11.9. The summed E-state index contributed by atoms with van der Waals surface area (Å²) in [7, 11) is -2.55.